The molecule has 2 aromatic carbocycles. The van der Waals surface area contributed by atoms with E-state index in [1.54, 1.807) is 12.1 Å². The molecule has 0 aromatic heterocycles. The summed E-state index contributed by atoms with van der Waals surface area (Å²) in [7, 11) is 1.53. The third-order valence-electron chi connectivity index (χ3n) is 5.53. The number of allylic oxidation sites excluding steroid dienone is 3. The van der Waals surface area contributed by atoms with Crippen molar-refractivity contribution < 1.29 is 23.4 Å². The van der Waals surface area contributed by atoms with Gasteiger partial charge in [-0.1, -0.05) is 17.7 Å². The maximum Gasteiger partial charge on any atom is 0.205 e. The van der Waals surface area contributed by atoms with Gasteiger partial charge in [0.2, 0.25) is 5.88 Å². The number of ketones is 1. The standard InChI is InChI=1S/C24H20ClFN2O4/c1-30-20-8-5-13(9-14(20)12-31-15-6-7-18(26)17(25)10-15)22-16(11-27)24(28)32-21-4-2-3-19(29)23(21)22/h5-10,22H,2-4,12,28H2,1H3/t22-/m1/s1. The lowest BCUT2D eigenvalue weighted by atomic mass is 9.77. The molecule has 0 spiro atoms. The van der Waals surface area contributed by atoms with E-state index in [-0.39, 0.29) is 28.9 Å². The first kappa shape index (κ1) is 21.7. The lowest BCUT2D eigenvalue weighted by Gasteiger charge is -2.31. The van der Waals surface area contributed by atoms with Crippen LogP contribution in [0.15, 0.2) is 59.2 Å². The van der Waals surface area contributed by atoms with Crippen LogP contribution in [0.25, 0.3) is 0 Å². The van der Waals surface area contributed by atoms with Crippen molar-refractivity contribution in [1.82, 2.24) is 0 Å². The summed E-state index contributed by atoms with van der Waals surface area (Å²) in [6.07, 6.45) is 1.67. The van der Waals surface area contributed by atoms with Crippen molar-refractivity contribution >= 4 is 17.4 Å². The zero-order chi connectivity index (χ0) is 22.8. The molecule has 32 heavy (non-hydrogen) atoms. The van der Waals surface area contributed by atoms with Gasteiger partial charge < -0.3 is 19.9 Å². The van der Waals surface area contributed by atoms with Gasteiger partial charge in [-0.2, -0.15) is 5.26 Å². The molecule has 1 aliphatic heterocycles. The van der Waals surface area contributed by atoms with Gasteiger partial charge in [-0.3, -0.25) is 4.79 Å². The summed E-state index contributed by atoms with van der Waals surface area (Å²) < 4.78 is 30.3. The number of nitrogens with zero attached hydrogens (tertiary/aromatic N) is 1. The molecule has 0 amide bonds. The first-order chi connectivity index (χ1) is 15.4. The highest BCUT2D eigenvalue weighted by Gasteiger charge is 2.38. The molecule has 2 aromatic rings. The van der Waals surface area contributed by atoms with Crippen molar-refractivity contribution in [3.05, 3.63) is 81.2 Å². The molecule has 4 rings (SSSR count). The number of nitriles is 1. The van der Waals surface area contributed by atoms with Crippen molar-refractivity contribution in [3.63, 3.8) is 0 Å². The minimum absolute atomic E-state index is 0.0144. The summed E-state index contributed by atoms with van der Waals surface area (Å²) in [6.45, 7) is 0.100. The summed E-state index contributed by atoms with van der Waals surface area (Å²) in [6, 6.07) is 11.6. The maximum absolute atomic E-state index is 13.4. The number of rotatable bonds is 5. The summed E-state index contributed by atoms with van der Waals surface area (Å²) >= 11 is 5.83. The monoisotopic (exact) mass is 454 g/mol. The van der Waals surface area contributed by atoms with Crippen molar-refractivity contribution in [2.45, 2.75) is 31.8 Å². The van der Waals surface area contributed by atoms with E-state index in [4.69, 9.17) is 31.5 Å². The summed E-state index contributed by atoms with van der Waals surface area (Å²) in [5.41, 5.74) is 8.07. The molecule has 164 valence electrons. The molecular formula is C24H20ClFN2O4. The Hall–Kier alpha value is -3.50. The van der Waals surface area contributed by atoms with Crippen LogP contribution in [-0.2, 0) is 16.1 Å². The summed E-state index contributed by atoms with van der Waals surface area (Å²) in [5, 5.41) is 9.70. The fraction of sp³-hybridized carbons (Fsp3) is 0.250. The van der Waals surface area contributed by atoms with E-state index in [2.05, 4.69) is 6.07 Å². The number of nitrogens with two attached hydrogens (primary N) is 1. The largest absolute Gasteiger partial charge is 0.496 e. The van der Waals surface area contributed by atoms with Gasteiger partial charge in [0, 0.05) is 30.0 Å². The topological polar surface area (TPSA) is 94.6 Å². The fourth-order valence-corrected chi connectivity index (χ4v) is 4.18. The minimum Gasteiger partial charge on any atom is -0.496 e. The van der Waals surface area contributed by atoms with Crippen molar-refractivity contribution in [2.75, 3.05) is 7.11 Å². The Labute approximate surface area is 189 Å². The molecular weight excluding hydrogens is 435 g/mol. The highest BCUT2D eigenvalue weighted by atomic mass is 35.5. The number of hydrogen-bond donors (Lipinski definition) is 1. The quantitative estimate of drug-likeness (QED) is 0.691. The predicted octanol–water partition coefficient (Wildman–Crippen LogP) is 4.88. The van der Waals surface area contributed by atoms with E-state index in [0.29, 0.717) is 53.2 Å². The number of carbonyl (C=O) groups excluding carboxylic acids is 1. The molecule has 8 heteroatoms. The number of carbonyl (C=O) groups is 1. The van der Waals surface area contributed by atoms with E-state index in [1.807, 2.05) is 6.07 Å². The van der Waals surface area contributed by atoms with E-state index in [9.17, 15) is 14.4 Å². The zero-order valence-corrected chi connectivity index (χ0v) is 18.0. The van der Waals surface area contributed by atoms with Gasteiger partial charge in [-0.15, -0.1) is 0 Å². The maximum atomic E-state index is 13.4. The summed E-state index contributed by atoms with van der Waals surface area (Å²) in [4.78, 5) is 12.8. The van der Waals surface area contributed by atoms with Gasteiger partial charge in [0.1, 0.15) is 41.3 Å². The van der Waals surface area contributed by atoms with Crippen LogP contribution in [0.1, 0.15) is 36.3 Å². The molecule has 0 saturated heterocycles. The van der Waals surface area contributed by atoms with Crippen LogP contribution in [0, 0.1) is 17.1 Å². The number of methoxy groups -OCH3 is 1. The van der Waals surface area contributed by atoms with E-state index in [0.717, 1.165) is 0 Å². The average molecular weight is 455 g/mol. The normalized spacial score (nSPS) is 18.1. The SMILES string of the molecule is COc1ccc([C@@H]2C(C#N)=C(N)OC3=C2C(=O)CCC3)cc1COc1ccc(F)c(Cl)c1. The first-order valence-electron chi connectivity index (χ1n) is 10.0. The van der Waals surface area contributed by atoms with Gasteiger partial charge in [0.15, 0.2) is 5.78 Å². The third-order valence-corrected chi connectivity index (χ3v) is 5.82. The predicted molar refractivity (Wildman–Crippen MR) is 115 cm³/mol. The smallest absolute Gasteiger partial charge is 0.205 e. The number of halogens is 2. The zero-order valence-electron chi connectivity index (χ0n) is 17.3. The molecule has 1 aliphatic carbocycles. The van der Waals surface area contributed by atoms with Crippen molar-refractivity contribution in [3.8, 4) is 17.6 Å². The van der Waals surface area contributed by atoms with Crippen molar-refractivity contribution in [2.24, 2.45) is 5.73 Å². The molecule has 0 bridgehead atoms. The molecule has 1 atom stereocenters. The lowest BCUT2D eigenvalue weighted by molar-refractivity contribution is -0.116. The first-order valence-corrected chi connectivity index (χ1v) is 10.4. The Morgan fingerprint density at radius 2 is 2.09 bits per heavy atom. The van der Waals surface area contributed by atoms with Crippen LogP contribution in [-0.4, -0.2) is 12.9 Å². The number of ether oxygens (including phenoxy) is 3. The van der Waals surface area contributed by atoms with Gasteiger partial charge >= 0.3 is 0 Å². The van der Waals surface area contributed by atoms with E-state index < -0.39 is 11.7 Å². The summed E-state index contributed by atoms with van der Waals surface area (Å²) in [5.74, 6) is 0.288. The van der Waals surface area contributed by atoms with Crippen LogP contribution in [0.3, 0.4) is 0 Å². The van der Waals surface area contributed by atoms with Gasteiger partial charge in [0.25, 0.3) is 0 Å². The Morgan fingerprint density at radius 1 is 1.28 bits per heavy atom. The Kier molecular flexibility index (Phi) is 6.06. The van der Waals surface area contributed by atoms with Crippen LogP contribution in [0.4, 0.5) is 4.39 Å². The Balaban J connectivity index is 1.72. The van der Waals surface area contributed by atoms with E-state index >= 15 is 0 Å². The average Bonchev–Trinajstić information content (AvgIpc) is 2.79. The van der Waals surface area contributed by atoms with Gasteiger partial charge in [0.05, 0.1) is 18.1 Å². The molecule has 2 N–H and O–H groups in total. The minimum atomic E-state index is -0.624. The molecule has 2 aliphatic rings. The highest BCUT2D eigenvalue weighted by molar-refractivity contribution is 6.30. The van der Waals surface area contributed by atoms with E-state index in [1.165, 1.54) is 25.3 Å². The van der Waals surface area contributed by atoms with Gasteiger partial charge in [-0.25, -0.2) is 4.39 Å². The molecule has 6 nitrogen and oxygen atoms in total. The lowest BCUT2D eigenvalue weighted by Crippen LogP contribution is -2.27. The molecule has 0 saturated carbocycles. The number of Topliss-reactive ketones (excluding diaryl/α,β-unsaturated/α-hetero) is 1. The second-order valence-corrected chi connectivity index (χ2v) is 7.88. The molecule has 0 unspecified atom stereocenters. The molecule has 1 heterocycles. The number of hydrogen-bond acceptors (Lipinski definition) is 6. The van der Waals surface area contributed by atoms with Crippen LogP contribution in [0.5, 0.6) is 11.5 Å². The van der Waals surface area contributed by atoms with Crippen LogP contribution < -0.4 is 15.2 Å². The molecule has 0 radical (unpaired) electrons. The van der Waals surface area contributed by atoms with Crippen molar-refractivity contribution in [1.29, 1.82) is 5.26 Å². The highest BCUT2D eigenvalue weighted by Crippen LogP contribution is 2.44. The molecule has 0 fully saturated rings. The number of benzene rings is 2. The second-order valence-electron chi connectivity index (χ2n) is 7.47. The third kappa shape index (κ3) is 4.02. The Morgan fingerprint density at radius 3 is 2.81 bits per heavy atom. The van der Waals surface area contributed by atoms with Gasteiger partial charge in [-0.05, 0) is 36.2 Å². The Bertz CT molecular complexity index is 1200. The fourth-order valence-electron chi connectivity index (χ4n) is 4.01. The van der Waals surface area contributed by atoms with Crippen LogP contribution >= 0.6 is 11.6 Å². The van der Waals surface area contributed by atoms with Crippen LogP contribution in [0.2, 0.25) is 5.02 Å². The second kappa shape index (κ2) is 8.93.